The van der Waals surface area contributed by atoms with Crippen molar-refractivity contribution in [3.05, 3.63) is 54.7 Å². The highest BCUT2D eigenvalue weighted by atomic mass is 16.2. The van der Waals surface area contributed by atoms with Crippen LogP contribution in [0.3, 0.4) is 0 Å². The Bertz CT molecular complexity index is 1200. The third-order valence-corrected chi connectivity index (χ3v) is 6.83. The van der Waals surface area contributed by atoms with Crippen LogP contribution in [0.5, 0.6) is 0 Å². The van der Waals surface area contributed by atoms with Gasteiger partial charge in [-0.25, -0.2) is 9.97 Å². The Morgan fingerprint density at radius 3 is 2.49 bits per heavy atom. The van der Waals surface area contributed by atoms with Crippen LogP contribution in [-0.2, 0) is 4.79 Å². The van der Waals surface area contributed by atoms with Gasteiger partial charge in [0.15, 0.2) is 0 Å². The summed E-state index contributed by atoms with van der Waals surface area (Å²) in [6.45, 7) is 10.3. The number of fused-ring (bicyclic) bond motifs is 1. The number of anilines is 5. The van der Waals surface area contributed by atoms with Gasteiger partial charge in [-0.3, -0.25) is 4.79 Å². The molecule has 35 heavy (non-hydrogen) atoms. The van der Waals surface area contributed by atoms with E-state index in [9.17, 15) is 4.79 Å². The van der Waals surface area contributed by atoms with Crippen LogP contribution in [0.4, 0.5) is 28.7 Å². The van der Waals surface area contributed by atoms with E-state index < -0.39 is 0 Å². The molecule has 0 aliphatic carbocycles. The van der Waals surface area contributed by atoms with E-state index in [1.54, 1.807) is 11.1 Å². The Hall–Kier alpha value is -3.65. The molecule has 5 rings (SSSR count). The molecule has 2 aliphatic rings. The summed E-state index contributed by atoms with van der Waals surface area (Å²) >= 11 is 0. The van der Waals surface area contributed by atoms with Crippen molar-refractivity contribution in [2.75, 3.05) is 53.2 Å². The highest BCUT2D eigenvalue weighted by molar-refractivity contribution is 6.05. The molecular weight excluding hydrogens is 438 g/mol. The van der Waals surface area contributed by atoms with Crippen molar-refractivity contribution >= 4 is 34.6 Å². The Labute approximate surface area is 207 Å². The van der Waals surface area contributed by atoms with Crippen LogP contribution in [0.25, 0.3) is 11.3 Å². The highest BCUT2D eigenvalue weighted by Gasteiger charge is 2.34. The normalized spacial score (nSPS) is 18.1. The first-order valence-electron chi connectivity index (χ1n) is 12.3. The lowest BCUT2D eigenvalue weighted by molar-refractivity contribution is -0.119. The predicted octanol–water partition coefficient (Wildman–Crippen LogP) is 3.88. The van der Waals surface area contributed by atoms with Crippen LogP contribution in [0.15, 0.2) is 54.7 Å². The summed E-state index contributed by atoms with van der Waals surface area (Å²) in [6, 6.07) is 16.5. The molecule has 0 saturated carbocycles. The van der Waals surface area contributed by atoms with Gasteiger partial charge in [-0.15, -0.1) is 0 Å². The fraction of sp³-hybridized carbons (Fsp3) is 0.370. The molecule has 2 aromatic carbocycles. The first-order valence-corrected chi connectivity index (χ1v) is 12.3. The minimum atomic E-state index is -0.216. The smallest absolute Gasteiger partial charge is 0.249 e. The predicted molar refractivity (Wildman–Crippen MR) is 143 cm³/mol. The molecule has 8 heteroatoms. The van der Waals surface area contributed by atoms with Gasteiger partial charge in [0.2, 0.25) is 11.9 Å². The van der Waals surface area contributed by atoms with Gasteiger partial charge in [-0.2, -0.15) is 0 Å². The standard InChI is InChI=1S/C27H33N7O/c1-18(2)34-19(3)26(35)32(4)24-10-7-21(17-25(24)34)30-27-29-12-11-23(31-27)20-5-8-22(9-6-20)33-15-13-28-14-16-33/h5-12,17-19,28H,13-16H2,1-4H3,(H,29,30,31). The zero-order chi connectivity index (χ0) is 24.5. The van der Waals surface area contributed by atoms with E-state index in [1.165, 1.54) is 5.69 Å². The molecule has 1 aromatic heterocycles. The number of carbonyl (C=O) groups is 1. The summed E-state index contributed by atoms with van der Waals surface area (Å²) in [5.41, 5.74) is 5.99. The number of likely N-dealkylation sites (N-methyl/N-ethyl adjacent to an activating group) is 1. The molecule has 0 bridgehead atoms. The molecule has 2 N–H and O–H groups in total. The SMILES string of the molecule is CC(C)N1c2cc(Nc3nccc(-c4ccc(N5CCNCC5)cc4)n3)ccc2N(C)C(=O)C1C. The van der Waals surface area contributed by atoms with E-state index in [0.29, 0.717) is 5.95 Å². The number of aromatic nitrogens is 2. The number of benzene rings is 2. The van der Waals surface area contributed by atoms with E-state index in [2.05, 4.69) is 69.6 Å². The molecular formula is C27H33N7O. The number of hydrogen-bond donors (Lipinski definition) is 2. The van der Waals surface area contributed by atoms with Crippen LogP contribution in [0.2, 0.25) is 0 Å². The number of carbonyl (C=O) groups excluding carboxylic acids is 1. The molecule has 0 spiro atoms. The zero-order valence-corrected chi connectivity index (χ0v) is 20.8. The molecule has 1 saturated heterocycles. The first kappa shape index (κ1) is 23.1. The van der Waals surface area contributed by atoms with Crippen LogP contribution in [0.1, 0.15) is 20.8 Å². The van der Waals surface area contributed by atoms with Gasteiger partial charge in [0.1, 0.15) is 6.04 Å². The Kier molecular flexibility index (Phi) is 6.30. The van der Waals surface area contributed by atoms with Gasteiger partial charge in [0.05, 0.1) is 17.1 Å². The van der Waals surface area contributed by atoms with Crippen molar-refractivity contribution in [2.24, 2.45) is 0 Å². The Morgan fingerprint density at radius 2 is 1.77 bits per heavy atom. The topological polar surface area (TPSA) is 76.6 Å². The fourth-order valence-electron chi connectivity index (χ4n) is 5.02. The molecule has 1 unspecified atom stereocenters. The largest absolute Gasteiger partial charge is 0.369 e. The second-order valence-corrected chi connectivity index (χ2v) is 9.45. The minimum Gasteiger partial charge on any atom is -0.369 e. The van der Waals surface area contributed by atoms with Gasteiger partial charge >= 0.3 is 0 Å². The summed E-state index contributed by atoms with van der Waals surface area (Å²) in [4.78, 5) is 28.2. The minimum absolute atomic E-state index is 0.103. The lowest BCUT2D eigenvalue weighted by Crippen LogP contribution is -2.53. The maximum atomic E-state index is 12.7. The van der Waals surface area contributed by atoms with Crippen molar-refractivity contribution in [3.63, 3.8) is 0 Å². The lowest BCUT2D eigenvalue weighted by Gasteiger charge is -2.42. The maximum Gasteiger partial charge on any atom is 0.249 e. The van der Waals surface area contributed by atoms with Crippen LogP contribution in [-0.4, -0.2) is 61.2 Å². The monoisotopic (exact) mass is 471 g/mol. The van der Waals surface area contributed by atoms with E-state index in [-0.39, 0.29) is 18.0 Å². The molecule has 8 nitrogen and oxygen atoms in total. The molecule has 2 aliphatic heterocycles. The third kappa shape index (κ3) is 4.53. The summed E-state index contributed by atoms with van der Waals surface area (Å²) in [6.07, 6.45) is 1.78. The molecule has 1 atom stereocenters. The number of hydrogen-bond acceptors (Lipinski definition) is 7. The van der Waals surface area contributed by atoms with Crippen molar-refractivity contribution in [3.8, 4) is 11.3 Å². The van der Waals surface area contributed by atoms with Crippen LogP contribution in [0, 0.1) is 0 Å². The maximum absolute atomic E-state index is 12.7. The van der Waals surface area contributed by atoms with Crippen molar-refractivity contribution in [1.82, 2.24) is 15.3 Å². The highest BCUT2D eigenvalue weighted by Crippen LogP contribution is 2.39. The van der Waals surface area contributed by atoms with E-state index in [1.807, 2.05) is 32.2 Å². The summed E-state index contributed by atoms with van der Waals surface area (Å²) in [7, 11) is 1.84. The van der Waals surface area contributed by atoms with Crippen LogP contribution >= 0.6 is 0 Å². The van der Waals surface area contributed by atoms with Gasteiger partial charge in [-0.1, -0.05) is 12.1 Å². The number of amides is 1. The molecule has 0 radical (unpaired) electrons. The van der Waals surface area contributed by atoms with Gasteiger partial charge in [-0.05, 0) is 57.2 Å². The average molecular weight is 472 g/mol. The first-order chi connectivity index (χ1) is 16.9. The van der Waals surface area contributed by atoms with Crippen molar-refractivity contribution in [2.45, 2.75) is 32.9 Å². The second-order valence-electron chi connectivity index (χ2n) is 9.45. The second kappa shape index (κ2) is 9.54. The van der Waals surface area contributed by atoms with E-state index >= 15 is 0 Å². The van der Waals surface area contributed by atoms with Gasteiger partial charge in [0.25, 0.3) is 0 Å². The molecule has 1 fully saturated rings. The average Bonchev–Trinajstić information content (AvgIpc) is 2.88. The molecule has 3 aromatic rings. The van der Waals surface area contributed by atoms with Gasteiger partial charge < -0.3 is 25.3 Å². The number of rotatable bonds is 5. The summed E-state index contributed by atoms with van der Waals surface area (Å²) < 4.78 is 0. The van der Waals surface area contributed by atoms with E-state index in [4.69, 9.17) is 4.98 Å². The third-order valence-electron chi connectivity index (χ3n) is 6.83. The van der Waals surface area contributed by atoms with Crippen LogP contribution < -0.4 is 25.3 Å². The zero-order valence-electron chi connectivity index (χ0n) is 20.8. The fourth-order valence-corrected chi connectivity index (χ4v) is 5.02. The van der Waals surface area contributed by atoms with Crippen molar-refractivity contribution in [1.29, 1.82) is 0 Å². The number of nitrogens with zero attached hydrogens (tertiary/aromatic N) is 5. The van der Waals surface area contributed by atoms with E-state index in [0.717, 1.165) is 54.5 Å². The summed E-state index contributed by atoms with van der Waals surface area (Å²) in [5, 5.41) is 6.75. The number of nitrogens with one attached hydrogen (secondary N) is 2. The quantitative estimate of drug-likeness (QED) is 0.585. The Morgan fingerprint density at radius 1 is 1.03 bits per heavy atom. The van der Waals surface area contributed by atoms with Crippen molar-refractivity contribution < 1.29 is 4.79 Å². The number of piperazine rings is 1. The van der Waals surface area contributed by atoms with Gasteiger partial charge in [0, 0.05) is 62.4 Å². The Balaban J connectivity index is 1.38. The molecule has 1 amide bonds. The lowest BCUT2D eigenvalue weighted by atomic mass is 10.0. The molecule has 3 heterocycles. The molecule has 182 valence electrons. The summed E-state index contributed by atoms with van der Waals surface area (Å²) in [5.74, 6) is 0.643.